The van der Waals surface area contributed by atoms with Crippen molar-refractivity contribution >= 4 is 34.1 Å². The van der Waals surface area contributed by atoms with Crippen LogP contribution in [0.4, 0.5) is 10.7 Å². The topological polar surface area (TPSA) is 129 Å². The number of aromatic nitrogens is 6. The normalized spacial score (nSPS) is 15.5. The van der Waals surface area contributed by atoms with E-state index in [1.165, 1.54) is 15.5 Å². The molecule has 41 heavy (non-hydrogen) atoms. The number of benzene rings is 1. The van der Waals surface area contributed by atoms with Crippen molar-refractivity contribution in [3.63, 3.8) is 0 Å². The molecule has 1 fully saturated rings. The van der Waals surface area contributed by atoms with Gasteiger partial charge in [0.2, 0.25) is 5.95 Å². The van der Waals surface area contributed by atoms with Crippen molar-refractivity contribution in [2.45, 2.75) is 65.3 Å². The van der Waals surface area contributed by atoms with E-state index in [-0.39, 0.29) is 19.1 Å². The average molecular weight is 559 g/mol. The molecule has 12 nitrogen and oxygen atoms in total. The summed E-state index contributed by atoms with van der Waals surface area (Å²) in [4.78, 5) is 54.9. The Labute approximate surface area is 237 Å². The highest BCUT2D eigenvalue weighted by molar-refractivity contribution is 5.78. The van der Waals surface area contributed by atoms with Crippen LogP contribution in [0.5, 0.6) is 0 Å². The first-order chi connectivity index (χ1) is 19.6. The molecule has 3 aromatic heterocycles. The smallest absolute Gasteiger partial charge is 0.407 e. The molecule has 4 aromatic rings. The lowest BCUT2D eigenvalue weighted by Gasteiger charge is -2.34. The quantitative estimate of drug-likeness (QED) is 0.370. The number of nitrogens with one attached hydrogen (secondary N) is 1. The number of carbonyl (C=O) groups is 1. The number of amides is 1. The van der Waals surface area contributed by atoms with Crippen LogP contribution in [0.15, 0.2) is 40.3 Å². The molecule has 1 aliphatic rings. The van der Waals surface area contributed by atoms with Crippen molar-refractivity contribution in [2.24, 2.45) is 7.05 Å². The number of anilines is 1. The van der Waals surface area contributed by atoms with Gasteiger partial charge in [-0.1, -0.05) is 12.0 Å². The van der Waals surface area contributed by atoms with E-state index in [1.807, 2.05) is 43.9 Å². The van der Waals surface area contributed by atoms with Gasteiger partial charge in [0.15, 0.2) is 11.2 Å². The monoisotopic (exact) mass is 558 g/mol. The largest absolute Gasteiger partial charge is 0.444 e. The number of hydrogen-bond donors (Lipinski definition) is 1. The molecular formula is C29H34N8O4. The summed E-state index contributed by atoms with van der Waals surface area (Å²) in [5, 5.41) is 3.78. The number of piperidine rings is 1. The molecule has 0 aliphatic carbocycles. The molecule has 1 aliphatic heterocycles. The predicted octanol–water partition coefficient (Wildman–Crippen LogP) is 2.40. The number of imidazole rings is 1. The molecular weight excluding hydrogens is 524 g/mol. The molecule has 1 N–H and O–H groups in total. The van der Waals surface area contributed by atoms with Crippen LogP contribution in [0.1, 0.15) is 46.1 Å². The lowest BCUT2D eigenvalue weighted by molar-refractivity contribution is 0.0499. The van der Waals surface area contributed by atoms with Crippen molar-refractivity contribution in [1.82, 2.24) is 34.0 Å². The molecule has 1 atom stereocenters. The van der Waals surface area contributed by atoms with Gasteiger partial charge in [-0.25, -0.2) is 19.6 Å². The second-order valence-corrected chi connectivity index (χ2v) is 11.2. The van der Waals surface area contributed by atoms with Gasteiger partial charge >= 0.3 is 11.8 Å². The number of aryl methyl sites for hydroxylation is 1. The molecule has 1 saturated heterocycles. The van der Waals surface area contributed by atoms with Crippen LogP contribution in [0.25, 0.3) is 22.1 Å². The van der Waals surface area contributed by atoms with Crippen LogP contribution in [0.2, 0.25) is 0 Å². The molecule has 0 unspecified atom stereocenters. The molecule has 214 valence electrons. The fourth-order valence-corrected chi connectivity index (χ4v) is 5.11. The van der Waals surface area contributed by atoms with E-state index < -0.39 is 22.9 Å². The van der Waals surface area contributed by atoms with Gasteiger partial charge < -0.3 is 15.0 Å². The molecule has 0 saturated carbocycles. The average Bonchev–Trinajstić information content (AvgIpc) is 3.32. The van der Waals surface area contributed by atoms with Gasteiger partial charge in [0.1, 0.15) is 11.9 Å². The highest BCUT2D eigenvalue weighted by Gasteiger charge is 2.29. The lowest BCUT2D eigenvalue weighted by Crippen LogP contribution is -2.49. The summed E-state index contributed by atoms with van der Waals surface area (Å²) in [5.74, 6) is 6.48. The number of hydrogen-bond acceptors (Lipinski definition) is 8. The molecule has 4 heterocycles. The van der Waals surface area contributed by atoms with Crippen molar-refractivity contribution < 1.29 is 9.53 Å². The van der Waals surface area contributed by atoms with Gasteiger partial charge in [-0.3, -0.25) is 18.5 Å². The first-order valence-electron chi connectivity index (χ1n) is 13.6. The Kier molecular flexibility index (Phi) is 7.53. The molecule has 1 aromatic carbocycles. The van der Waals surface area contributed by atoms with E-state index in [2.05, 4.69) is 27.1 Å². The number of fused-ring (bicyclic) bond motifs is 2. The van der Waals surface area contributed by atoms with Crippen LogP contribution < -0.4 is 21.5 Å². The van der Waals surface area contributed by atoms with E-state index in [0.717, 1.165) is 29.3 Å². The zero-order valence-corrected chi connectivity index (χ0v) is 24.0. The van der Waals surface area contributed by atoms with Gasteiger partial charge in [0.05, 0.1) is 18.6 Å². The first-order valence-corrected chi connectivity index (χ1v) is 13.6. The zero-order valence-electron chi connectivity index (χ0n) is 24.0. The van der Waals surface area contributed by atoms with Gasteiger partial charge in [-0.15, -0.1) is 5.92 Å². The van der Waals surface area contributed by atoms with E-state index >= 15 is 0 Å². The maximum atomic E-state index is 13.9. The van der Waals surface area contributed by atoms with Gasteiger partial charge in [0, 0.05) is 37.8 Å². The zero-order chi connectivity index (χ0) is 29.3. The number of carbonyl (C=O) groups excluding carboxylic acids is 1. The van der Waals surface area contributed by atoms with Crippen LogP contribution in [0.3, 0.4) is 0 Å². The van der Waals surface area contributed by atoms with E-state index in [9.17, 15) is 14.4 Å². The minimum atomic E-state index is -0.601. The second-order valence-electron chi connectivity index (χ2n) is 11.2. The van der Waals surface area contributed by atoms with Crippen molar-refractivity contribution in [2.75, 3.05) is 18.0 Å². The Morgan fingerprint density at radius 3 is 2.78 bits per heavy atom. The third-order valence-corrected chi connectivity index (χ3v) is 6.96. The Balaban J connectivity index is 1.54. The van der Waals surface area contributed by atoms with Crippen molar-refractivity contribution in [1.29, 1.82) is 0 Å². The van der Waals surface area contributed by atoms with Gasteiger partial charge in [-0.2, -0.15) is 4.98 Å². The van der Waals surface area contributed by atoms with Crippen LogP contribution >= 0.6 is 0 Å². The minimum Gasteiger partial charge on any atom is -0.444 e. The summed E-state index contributed by atoms with van der Waals surface area (Å²) in [7, 11) is 1.62. The Morgan fingerprint density at radius 2 is 2.02 bits per heavy atom. The minimum absolute atomic E-state index is 0.0812. The molecule has 5 rings (SSSR count). The number of alkyl carbamates (subject to hydrolysis) is 1. The maximum Gasteiger partial charge on any atom is 0.407 e. The van der Waals surface area contributed by atoms with E-state index in [4.69, 9.17) is 9.72 Å². The molecule has 1 amide bonds. The van der Waals surface area contributed by atoms with E-state index in [0.29, 0.717) is 30.2 Å². The molecule has 0 radical (unpaired) electrons. The maximum absolute atomic E-state index is 13.9. The van der Waals surface area contributed by atoms with E-state index in [1.54, 1.807) is 24.7 Å². The molecule has 0 spiro atoms. The van der Waals surface area contributed by atoms with Gasteiger partial charge in [0.25, 0.3) is 5.56 Å². The Morgan fingerprint density at radius 1 is 1.22 bits per heavy atom. The second kappa shape index (κ2) is 11.1. The van der Waals surface area contributed by atoms with Crippen LogP contribution in [-0.4, -0.2) is 59.5 Å². The highest BCUT2D eigenvalue weighted by Crippen LogP contribution is 2.24. The van der Waals surface area contributed by atoms with Gasteiger partial charge in [-0.05, 0) is 58.2 Å². The highest BCUT2D eigenvalue weighted by atomic mass is 16.6. The Hall–Kier alpha value is -4.66. The predicted molar refractivity (Wildman–Crippen MR) is 156 cm³/mol. The fourth-order valence-electron chi connectivity index (χ4n) is 5.11. The third-order valence-electron chi connectivity index (χ3n) is 6.96. The summed E-state index contributed by atoms with van der Waals surface area (Å²) in [6.07, 6.45) is 4.29. The standard InChI is InChI=1S/C29H34N8O4/c1-6-7-13-36-23-24(33-26(36)35-12-8-9-21(17-35)32-27(39)41-29(2,3)4)34(5)28(40)37(25(23)38)16-19-10-11-22-20(14-19)15-30-18-31-22/h10-11,14-15,18,21H,8-9,12-13,16-17H2,1-5H3,(H,32,39)/t21-/m1/s1. The van der Waals surface area contributed by atoms with Crippen LogP contribution in [0, 0.1) is 11.8 Å². The summed E-state index contributed by atoms with van der Waals surface area (Å²) in [5.41, 5.74) is 0.641. The molecule has 0 bridgehead atoms. The Bertz CT molecular complexity index is 1800. The van der Waals surface area contributed by atoms with Crippen LogP contribution in [-0.2, 0) is 24.9 Å². The number of nitrogens with zero attached hydrogens (tertiary/aromatic N) is 7. The summed E-state index contributed by atoms with van der Waals surface area (Å²) >= 11 is 0. The SMILES string of the molecule is CC#CCn1c(N2CCC[C@@H](NC(=O)OC(C)(C)C)C2)nc2c1c(=O)n(Cc1ccc3ncncc3c1)c(=O)n2C. The van der Waals surface area contributed by atoms with Crippen molar-refractivity contribution in [3.8, 4) is 11.8 Å². The third kappa shape index (κ3) is 5.79. The molecule has 12 heteroatoms. The number of rotatable bonds is 5. The summed E-state index contributed by atoms with van der Waals surface area (Å²) < 4.78 is 9.84. The van der Waals surface area contributed by atoms with Crippen molar-refractivity contribution in [3.05, 3.63) is 57.1 Å². The fraction of sp³-hybridized carbons (Fsp3) is 0.448. The first kappa shape index (κ1) is 27.9. The number of ether oxygens (including phenoxy) is 1. The lowest BCUT2D eigenvalue weighted by atomic mass is 10.1. The summed E-state index contributed by atoms with van der Waals surface area (Å²) in [6, 6.07) is 5.41. The summed E-state index contributed by atoms with van der Waals surface area (Å²) in [6.45, 7) is 8.66.